The second-order valence-electron chi connectivity index (χ2n) is 2.69. The molecule has 0 aromatic rings. The predicted molar refractivity (Wildman–Crippen MR) is 59.0 cm³/mol. The van der Waals surface area contributed by atoms with Gasteiger partial charge in [-0.25, -0.2) is 0 Å². The summed E-state index contributed by atoms with van der Waals surface area (Å²) >= 11 is 0. The minimum absolute atomic E-state index is 0.762. The molecule has 0 aliphatic rings. The Morgan fingerprint density at radius 1 is 1.15 bits per heavy atom. The predicted octanol–water partition coefficient (Wildman–Crippen LogP) is 2.26. The van der Waals surface area contributed by atoms with Gasteiger partial charge in [0, 0.05) is 11.9 Å². The van der Waals surface area contributed by atoms with E-state index in [1.165, 1.54) is 0 Å². The van der Waals surface area contributed by atoms with Gasteiger partial charge in [-0.1, -0.05) is 6.08 Å². The second kappa shape index (κ2) is 6.17. The maximum Gasteiger partial charge on any atom is 0.0545 e. The first-order valence-electron chi connectivity index (χ1n) is 4.24. The van der Waals surface area contributed by atoms with E-state index in [2.05, 4.69) is 10.2 Å². The Hall–Kier alpha value is -1.38. The normalized spacial score (nSPS) is 15.5. The summed E-state index contributed by atoms with van der Waals surface area (Å²) in [5.41, 5.74) is 8.57. The average Bonchev–Trinajstić information content (AvgIpc) is 2.15. The number of rotatable bonds is 3. The molecule has 0 bridgehead atoms. The Labute approximate surface area is 79.7 Å². The second-order valence-corrected chi connectivity index (χ2v) is 2.69. The van der Waals surface area contributed by atoms with Crippen molar-refractivity contribution in [3.63, 3.8) is 0 Å². The smallest absolute Gasteiger partial charge is 0.0545 e. The molecule has 0 atom stereocenters. The number of hydrogen-bond donors (Lipinski definition) is 1. The van der Waals surface area contributed by atoms with Gasteiger partial charge in [-0.05, 0) is 38.8 Å². The topological polar surface area (TPSA) is 50.7 Å². The van der Waals surface area contributed by atoms with Gasteiger partial charge in [-0.3, -0.25) is 0 Å². The highest BCUT2D eigenvalue weighted by Crippen LogP contribution is 2.06. The van der Waals surface area contributed by atoms with Crippen LogP contribution >= 0.6 is 0 Å². The fourth-order valence-corrected chi connectivity index (χ4v) is 0.723. The molecule has 0 spiro atoms. The lowest BCUT2D eigenvalue weighted by molar-refractivity contribution is 1.22. The lowest BCUT2D eigenvalue weighted by atomic mass is 10.1. The van der Waals surface area contributed by atoms with Gasteiger partial charge in [-0.15, -0.1) is 0 Å². The van der Waals surface area contributed by atoms with E-state index in [0.29, 0.717) is 0 Å². The quantitative estimate of drug-likeness (QED) is 0.403. The average molecular weight is 179 g/mol. The fourth-order valence-electron chi connectivity index (χ4n) is 0.723. The molecule has 2 N–H and O–H groups in total. The van der Waals surface area contributed by atoms with Gasteiger partial charge in [0.2, 0.25) is 0 Å². The van der Waals surface area contributed by atoms with Crippen LogP contribution in [-0.4, -0.2) is 12.4 Å². The Kier molecular flexibility index (Phi) is 5.52. The molecule has 13 heavy (non-hydrogen) atoms. The molecule has 0 fully saturated rings. The molecule has 0 aliphatic heterocycles. The summed E-state index contributed by atoms with van der Waals surface area (Å²) in [6.07, 6.45) is 5.25. The molecular weight excluding hydrogens is 162 g/mol. The number of allylic oxidation sites excluding steroid dienone is 3. The van der Waals surface area contributed by atoms with E-state index in [4.69, 9.17) is 5.73 Å². The zero-order valence-electron chi connectivity index (χ0n) is 8.70. The highest BCUT2D eigenvalue weighted by molar-refractivity contribution is 5.80. The molecule has 0 saturated carbocycles. The summed E-state index contributed by atoms with van der Waals surface area (Å²) in [6.45, 7) is 7.65. The van der Waals surface area contributed by atoms with E-state index >= 15 is 0 Å². The summed E-state index contributed by atoms with van der Waals surface area (Å²) < 4.78 is 0. The molecule has 3 nitrogen and oxygen atoms in total. The summed E-state index contributed by atoms with van der Waals surface area (Å²) in [6, 6.07) is 0. The fraction of sp³-hybridized carbons (Fsp3) is 0.400. The summed E-state index contributed by atoms with van der Waals surface area (Å²) in [5.74, 6) is 0. The van der Waals surface area contributed by atoms with Gasteiger partial charge in [0.1, 0.15) is 0 Å². The maximum atomic E-state index is 5.82. The van der Waals surface area contributed by atoms with Crippen molar-refractivity contribution < 1.29 is 0 Å². The molecule has 3 heteroatoms. The van der Waals surface area contributed by atoms with Crippen molar-refractivity contribution in [2.24, 2.45) is 15.9 Å². The van der Waals surface area contributed by atoms with Crippen molar-refractivity contribution in [1.29, 1.82) is 0 Å². The van der Waals surface area contributed by atoms with E-state index in [9.17, 15) is 0 Å². The Morgan fingerprint density at radius 3 is 2.23 bits per heavy atom. The molecule has 0 radical (unpaired) electrons. The zero-order valence-corrected chi connectivity index (χ0v) is 8.70. The Balaban J connectivity index is 4.63. The first-order valence-corrected chi connectivity index (χ1v) is 4.24. The van der Waals surface area contributed by atoms with Crippen LogP contribution in [0.1, 0.15) is 27.7 Å². The molecule has 0 aromatic carbocycles. The van der Waals surface area contributed by atoms with Gasteiger partial charge in [0.25, 0.3) is 0 Å². The monoisotopic (exact) mass is 179 g/mol. The lowest BCUT2D eigenvalue weighted by Gasteiger charge is -2.02. The standard InChI is InChI=1S/C10H17N3/c1-5-8(3)10(11)9(4)7-13-12-6-2/h5-7H,11H2,1-4H3/b8-5-,10-9-,12-6-,13-7-. The summed E-state index contributed by atoms with van der Waals surface area (Å²) in [5, 5.41) is 7.52. The van der Waals surface area contributed by atoms with E-state index in [0.717, 1.165) is 16.8 Å². The van der Waals surface area contributed by atoms with Gasteiger partial charge >= 0.3 is 0 Å². The van der Waals surface area contributed by atoms with Gasteiger partial charge in [-0.2, -0.15) is 10.2 Å². The number of hydrogen-bond acceptors (Lipinski definition) is 3. The van der Waals surface area contributed by atoms with E-state index in [-0.39, 0.29) is 0 Å². The van der Waals surface area contributed by atoms with Crippen LogP contribution in [0.2, 0.25) is 0 Å². The molecule has 72 valence electrons. The molecule has 0 aromatic heterocycles. The third-order valence-electron chi connectivity index (χ3n) is 1.72. The Bertz CT molecular complexity index is 270. The molecule has 0 heterocycles. The first kappa shape index (κ1) is 11.6. The Morgan fingerprint density at radius 2 is 1.77 bits per heavy atom. The summed E-state index contributed by atoms with van der Waals surface area (Å²) in [4.78, 5) is 0. The van der Waals surface area contributed by atoms with E-state index in [1.54, 1.807) is 12.4 Å². The third-order valence-corrected chi connectivity index (χ3v) is 1.72. The van der Waals surface area contributed by atoms with Crippen molar-refractivity contribution in [2.45, 2.75) is 27.7 Å². The van der Waals surface area contributed by atoms with Crippen LogP contribution in [-0.2, 0) is 0 Å². The van der Waals surface area contributed by atoms with Crippen LogP contribution in [0.25, 0.3) is 0 Å². The molecule has 0 aliphatic carbocycles. The van der Waals surface area contributed by atoms with Gasteiger partial charge in [0.15, 0.2) is 0 Å². The molecule has 0 amide bonds. The van der Waals surface area contributed by atoms with Gasteiger partial charge in [0.05, 0.1) is 6.21 Å². The first-order chi connectivity index (χ1) is 6.13. The molecule has 0 rings (SSSR count). The largest absolute Gasteiger partial charge is 0.398 e. The highest BCUT2D eigenvalue weighted by atomic mass is 15.2. The lowest BCUT2D eigenvalue weighted by Crippen LogP contribution is -2.02. The highest BCUT2D eigenvalue weighted by Gasteiger charge is 1.95. The van der Waals surface area contributed by atoms with Crippen LogP contribution in [0, 0.1) is 0 Å². The van der Waals surface area contributed by atoms with Crippen molar-refractivity contribution in [2.75, 3.05) is 0 Å². The molecule has 0 saturated heterocycles. The third kappa shape index (κ3) is 4.25. The SMILES string of the molecule is C\C=N/N=C\C(C)=C(N)\C(C)=C/C. The van der Waals surface area contributed by atoms with Crippen molar-refractivity contribution in [1.82, 2.24) is 0 Å². The molecular formula is C10H17N3. The van der Waals surface area contributed by atoms with Crippen LogP contribution < -0.4 is 5.73 Å². The number of nitrogens with zero attached hydrogens (tertiary/aromatic N) is 2. The van der Waals surface area contributed by atoms with Crippen LogP contribution in [0.4, 0.5) is 0 Å². The van der Waals surface area contributed by atoms with Crippen LogP contribution in [0.5, 0.6) is 0 Å². The van der Waals surface area contributed by atoms with E-state index in [1.807, 2.05) is 33.8 Å². The molecule has 0 unspecified atom stereocenters. The minimum atomic E-state index is 0.762. The van der Waals surface area contributed by atoms with Crippen molar-refractivity contribution in [3.05, 3.63) is 22.9 Å². The zero-order chi connectivity index (χ0) is 10.3. The van der Waals surface area contributed by atoms with Crippen LogP contribution in [0.15, 0.2) is 33.1 Å². The van der Waals surface area contributed by atoms with Crippen molar-refractivity contribution in [3.8, 4) is 0 Å². The van der Waals surface area contributed by atoms with Crippen LogP contribution in [0.3, 0.4) is 0 Å². The van der Waals surface area contributed by atoms with Crippen molar-refractivity contribution >= 4 is 12.4 Å². The minimum Gasteiger partial charge on any atom is -0.398 e. The maximum absolute atomic E-state index is 5.82. The van der Waals surface area contributed by atoms with Gasteiger partial charge < -0.3 is 5.73 Å². The summed E-state index contributed by atoms with van der Waals surface area (Å²) in [7, 11) is 0. The van der Waals surface area contributed by atoms with E-state index < -0.39 is 0 Å². The number of nitrogens with two attached hydrogens (primary N) is 1.